The van der Waals surface area contributed by atoms with Crippen LogP contribution in [-0.4, -0.2) is 36.9 Å². The van der Waals surface area contributed by atoms with Crippen molar-refractivity contribution >= 4 is 22.7 Å². The number of fused-ring (bicyclic) bond motifs is 1. The molecule has 0 atom stereocenters. The molecule has 8 nitrogen and oxygen atoms in total. The number of aryl methyl sites for hydroxylation is 1. The minimum absolute atomic E-state index is 0.192. The first-order chi connectivity index (χ1) is 16.1. The SMILES string of the molecule is COc1ccc(-n2c(SCn3nnc4ccccc4c3=O)nnc2-c2cccc(C)c2)cc1. The van der Waals surface area contributed by atoms with Crippen molar-refractivity contribution < 1.29 is 4.74 Å². The Bertz CT molecular complexity index is 1490. The third-order valence-electron chi connectivity index (χ3n) is 5.19. The second kappa shape index (κ2) is 8.87. The van der Waals surface area contributed by atoms with Crippen molar-refractivity contribution in [1.82, 2.24) is 29.8 Å². The maximum absolute atomic E-state index is 12.8. The monoisotopic (exact) mass is 456 g/mol. The molecule has 0 N–H and O–H groups in total. The summed E-state index contributed by atoms with van der Waals surface area (Å²) in [5.74, 6) is 1.72. The average molecular weight is 457 g/mol. The molecule has 5 rings (SSSR count). The minimum Gasteiger partial charge on any atom is -0.497 e. The first-order valence-electron chi connectivity index (χ1n) is 10.3. The molecule has 164 valence electrons. The molecule has 5 aromatic rings. The van der Waals surface area contributed by atoms with Crippen LogP contribution in [0, 0.1) is 6.92 Å². The van der Waals surface area contributed by atoms with Gasteiger partial charge in [0.2, 0.25) is 0 Å². The highest BCUT2D eigenvalue weighted by Gasteiger charge is 2.17. The third kappa shape index (κ3) is 4.10. The quantitative estimate of drug-likeness (QED) is 0.355. The molecule has 9 heteroatoms. The van der Waals surface area contributed by atoms with Crippen LogP contribution in [0.4, 0.5) is 0 Å². The fraction of sp³-hybridized carbons (Fsp3) is 0.125. The molecule has 0 saturated carbocycles. The van der Waals surface area contributed by atoms with E-state index in [1.807, 2.05) is 66.1 Å². The van der Waals surface area contributed by atoms with E-state index in [1.54, 1.807) is 19.2 Å². The molecule has 0 spiro atoms. The molecular weight excluding hydrogens is 436 g/mol. The Morgan fingerprint density at radius 1 is 0.939 bits per heavy atom. The Hall–Kier alpha value is -3.98. The lowest BCUT2D eigenvalue weighted by atomic mass is 10.1. The summed E-state index contributed by atoms with van der Waals surface area (Å²) in [6, 6.07) is 23.0. The van der Waals surface area contributed by atoms with Gasteiger partial charge in [0.05, 0.1) is 18.4 Å². The zero-order chi connectivity index (χ0) is 22.8. The molecule has 33 heavy (non-hydrogen) atoms. The summed E-state index contributed by atoms with van der Waals surface area (Å²) in [6.45, 7) is 2.04. The zero-order valence-corrected chi connectivity index (χ0v) is 18.9. The number of nitrogens with zero attached hydrogens (tertiary/aromatic N) is 6. The van der Waals surface area contributed by atoms with Crippen molar-refractivity contribution in [1.29, 1.82) is 0 Å². The van der Waals surface area contributed by atoms with E-state index >= 15 is 0 Å². The predicted octanol–water partition coefficient (Wildman–Crippen LogP) is 4.11. The maximum Gasteiger partial charge on any atom is 0.278 e. The van der Waals surface area contributed by atoms with E-state index in [1.165, 1.54) is 16.4 Å². The number of ether oxygens (including phenoxy) is 1. The fourth-order valence-corrected chi connectivity index (χ4v) is 4.35. The lowest BCUT2D eigenvalue weighted by Crippen LogP contribution is -2.23. The Labute approximate surface area is 193 Å². The maximum atomic E-state index is 12.8. The zero-order valence-electron chi connectivity index (χ0n) is 18.0. The van der Waals surface area contributed by atoms with Crippen molar-refractivity contribution in [3.63, 3.8) is 0 Å². The molecule has 2 aromatic heterocycles. The molecule has 0 bridgehead atoms. The molecular formula is C24H20N6O2S. The van der Waals surface area contributed by atoms with Gasteiger partial charge < -0.3 is 4.74 Å². The summed E-state index contributed by atoms with van der Waals surface area (Å²) >= 11 is 1.37. The number of hydrogen-bond acceptors (Lipinski definition) is 7. The smallest absolute Gasteiger partial charge is 0.278 e. The van der Waals surface area contributed by atoms with Crippen molar-refractivity contribution in [2.45, 2.75) is 18.0 Å². The van der Waals surface area contributed by atoms with E-state index in [9.17, 15) is 4.79 Å². The molecule has 0 aliphatic heterocycles. The van der Waals surface area contributed by atoms with Crippen LogP contribution in [0.1, 0.15) is 5.56 Å². The van der Waals surface area contributed by atoms with Gasteiger partial charge in [-0.25, -0.2) is 0 Å². The summed E-state index contributed by atoms with van der Waals surface area (Å²) in [5.41, 5.74) is 3.35. The van der Waals surface area contributed by atoms with Gasteiger partial charge in [-0.05, 0) is 49.4 Å². The van der Waals surface area contributed by atoms with Crippen LogP contribution in [0.25, 0.3) is 28.0 Å². The van der Waals surface area contributed by atoms with Crippen LogP contribution in [-0.2, 0) is 5.88 Å². The molecule has 0 amide bonds. The average Bonchev–Trinajstić information content (AvgIpc) is 3.28. The second-order valence-corrected chi connectivity index (χ2v) is 8.31. The Balaban J connectivity index is 1.54. The molecule has 0 saturated heterocycles. The van der Waals surface area contributed by atoms with Crippen LogP contribution in [0.15, 0.2) is 82.7 Å². The number of thioether (sulfide) groups is 1. The number of benzene rings is 3. The van der Waals surface area contributed by atoms with Gasteiger partial charge >= 0.3 is 0 Å². The summed E-state index contributed by atoms with van der Waals surface area (Å²) in [5, 5.41) is 18.3. The van der Waals surface area contributed by atoms with Crippen LogP contribution in [0.5, 0.6) is 5.75 Å². The minimum atomic E-state index is -0.192. The highest BCUT2D eigenvalue weighted by Crippen LogP contribution is 2.29. The van der Waals surface area contributed by atoms with Gasteiger partial charge in [0.1, 0.15) is 11.3 Å². The number of methoxy groups -OCH3 is 1. The molecule has 0 aliphatic carbocycles. The van der Waals surface area contributed by atoms with Gasteiger partial charge in [-0.3, -0.25) is 9.36 Å². The Morgan fingerprint density at radius 2 is 1.76 bits per heavy atom. The second-order valence-electron chi connectivity index (χ2n) is 7.39. The molecule has 0 aliphatic rings. The first kappa shape index (κ1) is 20.9. The molecule has 0 fully saturated rings. The topological polar surface area (TPSA) is 87.7 Å². The summed E-state index contributed by atoms with van der Waals surface area (Å²) in [4.78, 5) is 12.8. The van der Waals surface area contributed by atoms with E-state index in [0.717, 1.165) is 22.6 Å². The van der Waals surface area contributed by atoms with Gasteiger partial charge in [0, 0.05) is 11.3 Å². The van der Waals surface area contributed by atoms with Gasteiger partial charge in [0.25, 0.3) is 5.56 Å². The van der Waals surface area contributed by atoms with Gasteiger partial charge in [-0.15, -0.1) is 15.3 Å². The molecule has 2 heterocycles. The van der Waals surface area contributed by atoms with Gasteiger partial charge in [-0.2, -0.15) is 4.68 Å². The molecule has 0 radical (unpaired) electrons. The van der Waals surface area contributed by atoms with E-state index < -0.39 is 0 Å². The van der Waals surface area contributed by atoms with Gasteiger partial charge in [-0.1, -0.05) is 52.9 Å². The van der Waals surface area contributed by atoms with E-state index in [-0.39, 0.29) is 11.4 Å². The van der Waals surface area contributed by atoms with Crippen molar-refractivity contribution in [3.8, 4) is 22.8 Å². The number of hydrogen-bond donors (Lipinski definition) is 0. The summed E-state index contributed by atoms with van der Waals surface area (Å²) in [7, 11) is 1.63. The standard InChI is InChI=1S/C24H20N6O2S/c1-16-6-5-7-17(14-16)22-26-27-24(30(22)18-10-12-19(32-2)13-11-18)33-15-29-23(31)20-8-3-4-9-21(20)25-28-29/h3-14H,15H2,1-2H3. The van der Waals surface area contributed by atoms with Crippen molar-refractivity contribution in [2.24, 2.45) is 0 Å². The number of rotatable bonds is 6. The fourth-order valence-electron chi connectivity index (χ4n) is 3.53. The highest BCUT2D eigenvalue weighted by molar-refractivity contribution is 7.98. The Kier molecular flexibility index (Phi) is 5.62. The van der Waals surface area contributed by atoms with Crippen LogP contribution >= 0.6 is 11.8 Å². The van der Waals surface area contributed by atoms with Crippen LogP contribution < -0.4 is 10.3 Å². The van der Waals surface area contributed by atoms with Crippen LogP contribution in [0.3, 0.4) is 0 Å². The van der Waals surface area contributed by atoms with E-state index in [0.29, 0.717) is 21.9 Å². The van der Waals surface area contributed by atoms with Crippen LogP contribution in [0.2, 0.25) is 0 Å². The highest BCUT2D eigenvalue weighted by atomic mass is 32.2. The first-order valence-corrected chi connectivity index (χ1v) is 11.2. The van der Waals surface area contributed by atoms with Crippen molar-refractivity contribution in [2.75, 3.05) is 7.11 Å². The Morgan fingerprint density at radius 3 is 2.55 bits per heavy atom. The third-order valence-corrected chi connectivity index (χ3v) is 6.08. The molecule has 0 unspecified atom stereocenters. The largest absolute Gasteiger partial charge is 0.497 e. The lowest BCUT2D eigenvalue weighted by molar-refractivity contribution is 0.414. The van der Waals surface area contributed by atoms with Crippen molar-refractivity contribution in [3.05, 3.63) is 88.7 Å². The predicted molar refractivity (Wildman–Crippen MR) is 128 cm³/mol. The molecule has 3 aromatic carbocycles. The normalized spacial score (nSPS) is 11.1. The summed E-state index contributed by atoms with van der Waals surface area (Å²) in [6.07, 6.45) is 0. The van der Waals surface area contributed by atoms with E-state index in [4.69, 9.17) is 4.74 Å². The van der Waals surface area contributed by atoms with E-state index in [2.05, 4.69) is 26.6 Å². The lowest BCUT2D eigenvalue weighted by Gasteiger charge is -2.12. The van der Waals surface area contributed by atoms with Gasteiger partial charge in [0.15, 0.2) is 11.0 Å². The number of aromatic nitrogens is 6. The summed E-state index contributed by atoms with van der Waals surface area (Å²) < 4.78 is 8.61.